The van der Waals surface area contributed by atoms with Crippen LogP contribution in [0.15, 0.2) is 22.7 Å². The van der Waals surface area contributed by atoms with Gasteiger partial charge in [0, 0.05) is 11.0 Å². The van der Waals surface area contributed by atoms with Crippen LogP contribution in [-0.4, -0.2) is 9.55 Å². The highest BCUT2D eigenvalue weighted by atomic mass is 79.9. The summed E-state index contributed by atoms with van der Waals surface area (Å²) >= 11 is 9.88. The Balaban J connectivity index is 1.92. The standard InChI is InChI=1S/C16H20BrClN2/c1-11(18)16-19-14-7-6-13(17)10-15(14)20(16)9-8-12-4-2-3-5-12/h6-7,10-12H,2-5,8-9H2,1H3. The molecule has 0 saturated heterocycles. The second kappa shape index (κ2) is 6.07. The Labute approximate surface area is 133 Å². The summed E-state index contributed by atoms with van der Waals surface area (Å²) in [6.07, 6.45) is 6.83. The van der Waals surface area contributed by atoms with E-state index in [1.165, 1.54) is 37.6 Å². The molecule has 0 radical (unpaired) electrons. The molecule has 3 rings (SSSR count). The zero-order valence-corrected chi connectivity index (χ0v) is 14.1. The van der Waals surface area contributed by atoms with Crippen LogP contribution in [-0.2, 0) is 6.54 Å². The lowest BCUT2D eigenvalue weighted by atomic mass is 10.0. The largest absolute Gasteiger partial charge is 0.327 e. The van der Waals surface area contributed by atoms with Crippen molar-refractivity contribution in [3.8, 4) is 0 Å². The Morgan fingerprint density at radius 1 is 1.40 bits per heavy atom. The molecule has 1 aliphatic rings. The number of rotatable bonds is 4. The van der Waals surface area contributed by atoms with Gasteiger partial charge in [0.05, 0.1) is 16.4 Å². The van der Waals surface area contributed by atoms with Gasteiger partial charge in [-0.1, -0.05) is 41.6 Å². The summed E-state index contributed by atoms with van der Waals surface area (Å²) in [5.41, 5.74) is 2.24. The molecule has 2 nitrogen and oxygen atoms in total. The van der Waals surface area contributed by atoms with Crippen LogP contribution in [0, 0.1) is 5.92 Å². The van der Waals surface area contributed by atoms with E-state index in [9.17, 15) is 0 Å². The van der Waals surface area contributed by atoms with Gasteiger partial charge in [0.15, 0.2) is 0 Å². The van der Waals surface area contributed by atoms with E-state index in [1.807, 2.05) is 13.0 Å². The zero-order valence-electron chi connectivity index (χ0n) is 11.8. The average molecular weight is 356 g/mol. The SMILES string of the molecule is CC(Cl)c1nc2ccc(Br)cc2n1CCC1CCCC1. The summed E-state index contributed by atoms with van der Waals surface area (Å²) < 4.78 is 3.41. The van der Waals surface area contributed by atoms with E-state index in [2.05, 4.69) is 32.6 Å². The van der Waals surface area contributed by atoms with E-state index >= 15 is 0 Å². The summed E-state index contributed by atoms with van der Waals surface area (Å²) in [7, 11) is 0. The molecule has 0 bridgehead atoms. The molecule has 1 fully saturated rings. The molecule has 1 heterocycles. The summed E-state index contributed by atoms with van der Waals surface area (Å²) in [4.78, 5) is 4.71. The van der Waals surface area contributed by atoms with Gasteiger partial charge in [-0.15, -0.1) is 11.6 Å². The predicted molar refractivity (Wildman–Crippen MR) is 88.3 cm³/mol. The summed E-state index contributed by atoms with van der Waals surface area (Å²) in [5, 5.41) is -0.0512. The van der Waals surface area contributed by atoms with E-state index in [4.69, 9.17) is 16.6 Å². The van der Waals surface area contributed by atoms with Gasteiger partial charge in [0.25, 0.3) is 0 Å². The molecule has 1 saturated carbocycles. The molecule has 1 aliphatic carbocycles. The maximum absolute atomic E-state index is 6.32. The number of alkyl halides is 1. The number of halogens is 2. The summed E-state index contributed by atoms with van der Waals surface area (Å²) in [6, 6.07) is 6.26. The summed E-state index contributed by atoms with van der Waals surface area (Å²) in [6.45, 7) is 3.04. The van der Waals surface area contributed by atoms with Gasteiger partial charge in [-0.2, -0.15) is 0 Å². The molecule has 0 spiro atoms. The Kier molecular flexibility index (Phi) is 4.37. The van der Waals surface area contributed by atoms with Gasteiger partial charge in [-0.3, -0.25) is 0 Å². The fourth-order valence-corrected chi connectivity index (χ4v) is 3.78. The number of nitrogens with zero attached hydrogens (tertiary/aromatic N) is 2. The highest BCUT2D eigenvalue weighted by Gasteiger charge is 2.18. The molecule has 1 aromatic heterocycles. The smallest absolute Gasteiger partial charge is 0.127 e. The topological polar surface area (TPSA) is 17.8 Å². The van der Waals surface area contributed by atoms with Crippen LogP contribution in [0.25, 0.3) is 11.0 Å². The van der Waals surface area contributed by atoms with E-state index in [0.717, 1.165) is 28.3 Å². The summed E-state index contributed by atoms with van der Waals surface area (Å²) in [5.74, 6) is 1.89. The number of aryl methyl sites for hydroxylation is 1. The second-order valence-electron chi connectivity index (χ2n) is 5.81. The van der Waals surface area contributed by atoms with Crippen LogP contribution in [0.1, 0.15) is 50.2 Å². The highest BCUT2D eigenvalue weighted by Crippen LogP contribution is 2.31. The van der Waals surface area contributed by atoms with Crippen LogP contribution in [0.5, 0.6) is 0 Å². The quantitative estimate of drug-likeness (QED) is 0.645. The van der Waals surface area contributed by atoms with Crippen LogP contribution >= 0.6 is 27.5 Å². The lowest BCUT2D eigenvalue weighted by Crippen LogP contribution is -2.08. The number of hydrogen-bond donors (Lipinski definition) is 0. The van der Waals surface area contributed by atoms with Crippen molar-refractivity contribution in [1.29, 1.82) is 0 Å². The Morgan fingerprint density at radius 2 is 2.15 bits per heavy atom. The molecule has 0 N–H and O–H groups in total. The van der Waals surface area contributed by atoms with Gasteiger partial charge in [-0.25, -0.2) is 4.98 Å². The first-order valence-electron chi connectivity index (χ1n) is 7.45. The number of imidazole rings is 1. The fraction of sp³-hybridized carbons (Fsp3) is 0.562. The van der Waals surface area contributed by atoms with Gasteiger partial charge in [-0.05, 0) is 37.5 Å². The van der Waals surface area contributed by atoms with Gasteiger partial charge < -0.3 is 4.57 Å². The molecule has 1 atom stereocenters. The molecular formula is C16H20BrClN2. The van der Waals surface area contributed by atoms with Crippen molar-refractivity contribution in [3.63, 3.8) is 0 Å². The monoisotopic (exact) mass is 354 g/mol. The predicted octanol–water partition coefficient (Wildman–Crippen LogP) is 5.68. The molecule has 1 aromatic carbocycles. The van der Waals surface area contributed by atoms with Gasteiger partial charge in [0.2, 0.25) is 0 Å². The van der Waals surface area contributed by atoms with Crippen LogP contribution in [0.3, 0.4) is 0 Å². The van der Waals surface area contributed by atoms with E-state index in [0.29, 0.717) is 0 Å². The van der Waals surface area contributed by atoms with Gasteiger partial charge >= 0.3 is 0 Å². The molecule has 108 valence electrons. The van der Waals surface area contributed by atoms with Gasteiger partial charge in [0.1, 0.15) is 5.82 Å². The Morgan fingerprint density at radius 3 is 2.85 bits per heavy atom. The molecule has 2 aromatic rings. The molecule has 20 heavy (non-hydrogen) atoms. The lowest BCUT2D eigenvalue weighted by molar-refractivity contribution is 0.456. The van der Waals surface area contributed by atoms with E-state index in [-0.39, 0.29) is 5.38 Å². The maximum Gasteiger partial charge on any atom is 0.127 e. The van der Waals surface area contributed by atoms with E-state index < -0.39 is 0 Å². The first-order valence-corrected chi connectivity index (χ1v) is 8.68. The van der Waals surface area contributed by atoms with Crippen LogP contribution < -0.4 is 0 Å². The first kappa shape index (κ1) is 14.4. The van der Waals surface area contributed by atoms with Crippen LogP contribution in [0.2, 0.25) is 0 Å². The minimum Gasteiger partial charge on any atom is -0.327 e. The molecular weight excluding hydrogens is 336 g/mol. The van der Waals surface area contributed by atoms with E-state index in [1.54, 1.807) is 0 Å². The zero-order chi connectivity index (χ0) is 14.1. The number of benzene rings is 1. The lowest BCUT2D eigenvalue weighted by Gasteiger charge is -2.14. The third-order valence-electron chi connectivity index (χ3n) is 4.33. The fourth-order valence-electron chi connectivity index (χ4n) is 3.26. The Bertz CT molecular complexity index is 600. The number of aromatic nitrogens is 2. The first-order chi connectivity index (χ1) is 9.65. The normalized spacial score (nSPS) is 17.9. The molecule has 0 amide bonds. The molecule has 0 aliphatic heterocycles. The van der Waals surface area contributed by atoms with Crippen molar-refractivity contribution < 1.29 is 0 Å². The third-order valence-corrected chi connectivity index (χ3v) is 5.02. The van der Waals surface area contributed by atoms with Crippen molar-refractivity contribution in [2.75, 3.05) is 0 Å². The number of hydrogen-bond acceptors (Lipinski definition) is 1. The van der Waals surface area contributed by atoms with Crippen molar-refractivity contribution in [2.24, 2.45) is 5.92 Å². The highest BCUT2D eigenvalue weighted by molar-refractivity contribution is 9.10. The maximum atomic E-state index is 6.32. The van der Waals surface area contributed by atoms with Crippen molar-refractivity contribution in [1.82, 2.24) is 9.55 Å². The second-order valence-corrected chi connectivity index (χ2v) is 7.38. The van der Waals surface area contributed by atoms with Crippen molar-refractivity contribution in [3.05, 3.63) is 28.5 Å². The number of fused-ring (bicyclic) bond motifs is 1. The minimum absolute atomic E-state index is 0.0512. The van der Waals surface area contributed by atoms with Crippen molar-refractivity contribution >= 4 is 38.6 Å². The molecule has 4 heteroatoms. The van der Waals surface area contributed by atoms with Crippen molar-refractivity contribution in [2.45, 2.75) is 50.9 Å². The van der Waals surface area contributed by atoms with Crippen LogP contribution in [0.4, 0.5) is 0 Å². The third kappa shape index (κ3) is 2.89. The minimum atomic E-state index is -0.0512. The Hall–Kier alpha value is -0.540. The average Bonchev–Trinajstić information content (AvgIpc) is 3.03. The molecule has 1 unspecified atom stereocenters.